The van der Waals surface area contributed by atoms with Crippen LogP contribution in [0.2, 0.25) is 0 Å². The molecular formula is C20H29FN2O2. The molecule has 25 heavy (non-hydrogen) atoms. The average molecular weight is 348 g/mol. The number of carbonyl (C=O) groups is 2. The van der Waals surface area contributed by atoms with Gasteiger partial charge >= 0.3 is 0 Å². The third-order valence-corrected chi connectivity index (χ3v) is 5.31. The van der Waals surface area contributed by atoms with Crippen molar-refractivity contribution in [3.8, 4) is 0 Å². The first-order chi connectivity index (χ1) is 11.9. The molecule has 0 radical (unpaired) electrons. The third-order valence-electron chi connectivity index (χ3n) is 5.31. The second-order valence-electron chi connectivity index (χ2n) is 7.30. The molecule has 4 nitrogen and oxygen atoms in total. The number of carbonyl (C=O) groups excluding carboxylic acids is 2. The monoisotopic (exact) mass is 348 g/mol. The summed E-state index contributed by atoms with van der Waals surface area (Å²) in [5, 5.41) is 5.53. The Morgan fingerprint density at radius 1 is 1.20 bits per heavy atom. The highest BCUT2D eigenvalue weighted by Crippen LogP contribution is 2.28. The summed E-state index contributed by atoms with van der Waals surface area (Å²) in [5.41, 5.74) is 0.140. The molecule has 1 saturated carbocycles. The largest absolute Gasteiger partial charge is 0.344 e. The summed E-state index contributed by atoms with van der Waals surface area (Å²) in [6.07, 6.45) is 4.59. The maximum absolute atomic E-state index is 13.8. The lowest BCUT2D eigenvalue weighted by atomic mass is 9.82. The predicted molar refractivity (Wildman–Crippen MR) is 97.5 cm³/mol. The SMILES string of the molecule is CCC(C)C(NC(=O)C1CCC(C)CC1)C(=O)Nc1ccccc1F. The van der Waals surface area contributed by atoms with Crippen LogP contribution in [0.5, 0.6) is 0 Å². The predicted octanol–water partition coefficient (Wildman–Crippen LogP) is 4.12. The van der Waals surface area contributed by atoms with Gasteiger partial charge in [0.2, 0.25) is 11.8 Å². The van der Waals surface area contributed by atoms with Gasteiger partial charge in [-0.3, -0.25) is 9.59 Å². The molecule has 2 atom stereocenters. The van der Waals surface area contributed by atoms with E-state index in [0.717, 1.165) is 32.1 Å². The Bertz CT molecular complexity index is 597. The standard InChI is InChI=1S/C20H29FN2O2/c1-4-14(3)18(20(25)22-17-8-6-5-7-16(17)21)23-19(24)15-11-9-13(2)10-12-15/h5-8,13-15,18H,4,9-12H2,1-3H3,(H,22,25)(H,23,24). The molecule has 0 bridgehead atoms. The van der Waals surface area contributed by atoms with Crippen molar-refractivity contribution in [2.75, 3.05) is 5.32 Å². The van der Waals surface area contributed by atoms with Gasteiger partial charge in [0.25, 0.3) is 0 Å². The van der Waals surface area contributed by atoms with Crippen molar-refractivity contribution in [1.82, 2.24) is 5.32 Å². The number of amides is 2. The van der Waals surface area contributed by atoms with Crippen LogP contribution in [0.1, 0.15) is 52.9 Å². The summed E-state index contributed by atoms with van der Waals surface area (Å²) in [6, 6.07) is 5.40. The fourth-order valence-corrected chi connectivity index (χ4v) is 3.27. The summed E-state index contributed by atoms with van der Waals surface area (Å²) in [5.74, 6) is -0.287. The van der Waals surface area contributed by atoms with E-state index in [2.05, 4.69) is 17.6 Å². The molecule has 0 saturated heterocycles. The minimum Gasteiger partial charge on any atom is -0.344 e. The highest BCUT2D eigenvalue weighted by molar-refractivity contribution is 5.97. The molecule has 5 heteroatoms. The summed E-state index contributed by atoms with van der Waals surface area (Å²) in [7, 11) is 0. The van der Waals surface area contributed by atoms with E-state index in [1.54, 1.807) is 12.1 Å². The van der Waals surface area contributed by atoms with Crippen LogP contribution in [-0.2, 0) is 9.59 Å². The second-order valence-corrected chi connectivity index (χ2v) is 7.30. The van der Waals surface area contributed by atoms with Gasteiger partial charge < -0.3 is 10.6 Å². The first-order valence-electron chi connectivity index (χ1n) is 9.28. The van der Waals surface area contributed by atoms with Gasteiger partial charge in [0.05, 0.1) is 5.69 Å². The molecule has 1 fully saturated rings. The number of anilines is 1. The molecule has 2 N–H and O–H groups in total. The van der Waals surface area contributed by atoms with E-state index in [4.69, 9.17) is 0 Å². The van der Waals surface area contributed by atoms with Crippen LogP contribution in [-0.4, -0.2) is 17.9 Å². The van der Waals surface area contributed by atoms with Crippen LogP contribution in [0.15, 0.2) is 24.3 Å². The minimum absolute atomic E-state index is 0.0241. The van der Waals surface area contributed by atoms with Crippen LogP contribution < -0.4 is 10.6 Å². The van der Waals surface area contributed by atoms with Crippen LogP contribution in [0.4, 0.5) is 10.1 Å². The van der Waals surface area contributed by atoms with Crippen LogP contribution in [0.25, 0.3) is 0 Å². The smallest absolute Gasteiger partial charge is 0.247 e. The number of nitrogens with one attached hydrogen (secondary N) is 2. The van der Waals surface area contributed by atoms with E-state index >= 15 is 0 Å². The molecule has 0 aromatic heterocycles. The lowest BCUT2D eigenvalue weighted by Crippen LogP contribution is -2.49. The zero-order valence-corrected chi connectivity index (χ0v) is 15.3. The van der Waals surface area contributed by atoms with Crippen molar-refractivity contribution in [2.24, 2.45) is 17.8 Å². The maximum atomic E-state index is 13.8. The number of rotatable bonds is 6. The zero-order chi connectivity index (χ0) is 18.4. The van der Waals surface area contributed by atoms with Gasteiger partial charge in [0, 0.05) is 5.92 Å². The van der Waals surface area contributed by atoms with Crippen LogP contribution in [0.3, 0.4) is 0 Å². The fraction of sp³-hybridized carbons (Fsp3) is 0.600. The van der Waals surface area contributed by atoms with Gasteiger partial charge in [0.15, 0.2) is 0 Å². The molecule has 1 aromatic rings. The van der Waals surface area contributed by atoms with Crippen molar-refractivity contribution in [1.29, 1.82) is 0 Å². The van der Waals surface area contributed by atoms with Gasteiger partial charge in [-0.25, -0.2) is 4.39 Å². The van der Waals surface area contributed by atoms with Crippen molar-refractivity contribution in [3.05, 3.63) is 30.1 Å². The van der Waals surface area contributed by atoms with Crippen molar-refractivity contribution in [2.45, 2.75) is 58.9 Å². The molecule has 2 rings (SSSR count). The zero-order valence-electron chi connectivity index (χ0n) is 15.3. The minimum atomic E-state index is -0.656. The normalized spacial score (nSPS) is 22.7. The Kier molecular flexibility index (Phi) is 6.97. The van der Waals surface area contributed by atoms with E-state index < -0.39 is 11.9 Å². The first kappa shape index (κ1) is 19.4. The number of para-hydroxylation sites is 1. The van der Waals surface area contributed by atoms with Crippen molar-refractivity contribution < 1.29 is 14.0 Å². The van der Waals surface area contributed by atoms with Crippen LogP contribution >= 0.6 is 0 Å². The average Bonchev–Trinajstić information content (AvgIpc) is 2.61. The Balaban J connectivity index is 2.04. The fourth-order valence-electron chi connectivity index (χ4n) is 3.27. The molecule has 138 valence electrons. The summed E-state index contributed by atoms with van der Waals surface area (Å²) >= 11 is 0. The molecule has 1 aliphatic carbocycles. The van der Waals surface area contributed by atoms with E-state index in [0.29, 0.717) is 5.92 Å². The van der Waals surface area contributed by atoms with Gasteiger partial charge in [-0.2, -0.15) is 0 Å². The first-order valence-corrected chi connectivity index (χ1v) is 9.28. The Morgan fingerprint density at radius 3 is 2.44 bits per heavy atom. The summed E-state index contributed by atoms with van der Waals surface area (Å²) < 4.78 is 13.8. The Hall–Kier alpha value is -1.91. The molecule has 0 heterocycles. The van der Waals surface area contributed by atoms with E-state index in [9.17, 15) is 14.0 Å². The topological polar surface area (TPSA) is 58.2 Å². The molecular weight excluding hydrogens is 319 g/mol. The second kappa shape index (κ2) is 8.97. The van der Waals surface area contributed by atoms with E-state index in [-0.39, 0.29) is 29.3 Å². The molecule has 2 unspecified atom stereocenters. The van der Waals surface area contributed by atoms with E-state index in [1.807, 2.05) is 13.8 Å². The lowest BCUT2D eigenvalue weighted by Gasteiger charge is -2.29. The molecule has 0 spiro atoms. The summed E-state index contributed by atoms with van der Waals surface area (Å²) in [4.78, 5) is 25.2. The number of hydrogen-bond donors (Lipinski definition) is 2. The third kappa shape index (κ3) is 5.28. The number of benzene rings is 1. The maximum Gasteiger partial charge on any atom is 0.247 e. The van der Waals surface area contributed by atoms with Gasteiger partial charge in [-0.15, -0.1) is 0 Å². The van der Waals surface area contributed by atoms with Crippen molar-refractivity contribution in [3.63, 3.8) is 0 Å². The van der Waals surface area contributed by atoms with Gasteiger partial charge in [-0.1, -0.05) is 39.3 Å². The Morgan fingerprint density at radius 2 is 1.84 bits per heavy atom. The molecule has 2 amide bonds. The number of halogens is 1. The summed E-state index contributed by atoms with van der Waals surface area (Å²) in [6.45, 7) is 6.11. The molecule has 1 aromatic carbocycles. The van der Waals surface area contributed by atoms with E-state index in [1.165, 1.54) is 12.1 Å². The van der Waals surface area contributed by atoms with Crippen molar-refractivity contribution >= 4 is 17.5 Å². The van der Waals surface area contributed by atoms with Crippen LogP contribution in [0, 0.1) is 23.6 Å². The van der Waals surface area contributed by atoms with Gasteiger partial charge in [-0.05, 0) is 49.7 Å². The highest BCUT2D eigenvalue weighted by Gasteiger charge is 2.31. The lowest BCUT2D eigenvalue weighted by molar-refractivity contribution is -0.131. The number of hydrogen-bond acceptors (Lipinski definition) is 2. The highest BCUT2D eigenvalue weighted by atomic mass is 19.1. The Labute approximate surface area is 149 Å². The van der Waals surface area contributed by atoms with Gasteiger partial charge in [0.1, 0.15) is 11.9 Å². The molecule has 1 aliphatic rings. The molecule has 0 aliphatic heterocycles. The quantitative estimate of drug-likeness (QED) is 0.812.